The van der Waals surface area contributed by atoms with Crippen molar-refractivity contribution in [2.24, 2.45) is 0 Å². The molecule has 1 saturated heterocycles. The van der Waals surface area contributed by atoms with Gasteiger partial charge in [-0.25, -0.2) is 0 Å². The van der Waals surface area contributed by atoms with Crippen LogP contribution in [0.1, 0.15) is 36.1 Å². The predicted octanol–water partition coefficient (Wildman–Crippen LogP) is 4.77. The average molecular weight is 394 g/mol. The monoisotopic (exact) mass is 393 g/mol. The van der Waals surface area contributed by atoms with Crippen LogP contribution in [0.3, 0.4) is 0 Å². The SMILES string of the molecule is Br.Oc1cccc(C23CCC(C2)N(CCc2cccs2)CC3)c1. The minimum Gasteiger partial charge on any atom is -0.508 e. The number of aromatic hydroxyl groups is 1. The zero-order valence-corrected chi connectivity index (χ0v) is 15.8. The van der Waals surface area contributed by atoms with Crippen molar-refractivity contribution >= 4 is 28.3 Å². The number of rotatable bonds is 4. The molecule has 1 aromatic heterocycles. The first-order valence-corrected chi connectivity index (χ1v) is 9.19. The molecule has 1 aromatic carbocycles. The molecule has 2 atom stereocenters. The van der Waals surface area contributed by atoms with E-state index in [-0.39, 0.29) is 17.0 Å². The summed E-state index contributed by atoms with van der Waals surface area (Å²) in [5.74, 6) is 0.412. The number of likely N-dealkylation sites (tertiary alicyclic amines) is 1. The second-order valence-electron chi connectivity index (χ2n) is 6.84. The van der Waals surface area contributed by atoms with Gasteiger partial charge in [-0.15, -0.1) is 28.3 Å². The Balaban J connectivity index is 0.00000156. The fourth-order valence-electron chi connectivity index (χ4n) is 4.42. The molecule has 0 radical (unpaired) electrons. The minimum absolute atomic E-state index is 0. The van der Waals surface area contributed by atoms with Crippen molar-refractivity contribution in [2.45, 2.75) is 43.6 Å². The Bertz CT molecular complexity index is 645. The molecule has 23 heavy (non-hydrogen) atoms. The molecule has 4 heteroatoms. The first-order valence-electron chi connectivity index (χ1n) is 8.31. The molecule has 0 amide bonds. The molecular weight excluding hydrogens is 370 g/mol. The lowest BCUT2D eigenvalue weighted by atomic mass is 9.74. The van der Waals surface area contributed by atoms with E-state index in [1.54, 1.807) is 6.07 Å². The standard InChI is InChI=1S/C19H23NOS.BrH/c21-17-4-1-3-15(13-17)19-8-6-16(14-19)20(11-9-19)10-7-18-5-2-12-22-18;/h1-5,12-13,16,21H,6-11,14H2;1H. The minimum atomic E-state index is 0. The Hall–Kier alpha value is -0.840. The number of fused-ring (bicyclic) bond motifs is 2. The van der Waals surface area contributed by atoms with Crippen molar-refractivity contribution in [1.29, 1.82) is 0 Å². The number of hydrogen-bond acceptors (Lipinski definition) is 3. The van der Waals surface area contributed by atoms with E-state index in [0.717, 1.165) is 6.04 Å². The Kier molecular flexibility index (Phi) is 5.14. The summed E-state index contributed by atoms with van der Waals surface area (Å²) in [5.41, 5.74) is 1.68. The third-order valence-electron chi connectivity index (χ3n) is 5.66. The molecule has 2 aliphatic rings. The third kappa shape index (κ3) is 3.35. The lowest BCUT2D eigenvalue weighted by Gasteiger charge is -2.40. The molecule has 1 N–H and O–H groups in total. The van der Waals surface area contributed by atoms with Gasteiger partial charge in [-0.1, -0.05) is 18.2 Å². The number of halogens is 1. The molecule has 2 nitrogen and oxygen atoms in total. The number of benzene rings is 1. The van der Waals surface area contributed by atoms with E-state index in [1.165, 1.54) is 55.6 Å². The van der Waals surface area contributed by atoms with E-state index in [2.05, 4.69) is 28.5 Å². The van der Waals surface area contributed by atoms with Crippen LogP contribution in [-0.2, 0) is 11.8 Å². The molecule has 1 aliphatic carbocycles. The third-order valence-corrected chi connectivity index (χ3v) is 6.60. The summed E-state index contributed by atoms with van der Waals surface area (Å²) in [6.45, 7) is 2.40. The van der Waals surface area contributed by atoms with Gasteiger partial charge in [-0.05, 0) is 73.2 Å². The second-order valence-corrected chi connectivity index (χ2v) is 7.87. The van der Waals surface area contributed by atoms with Gasteiger partial charge in [-0.2, -0.15) is 0 Å². The summed E-state index contributed by atoms with van der Waals surface area (Å²) >= 11 is 1.87. The Labute approximate surface area is 152 Å². The van der Waals surface area contributed by atoms with Gasteiger partial charge < -0.3 is 5.11 Å². The van der Waals surface area contributed by atoms with E-state index >= 15 is 0 Å². The van der Waals surface area contributed by atoms with Crippen molar-refractivity contribution in [3.8, 4) is 5.75 Å². The summed E-state index contributed by atoms with van der Waals surface area (Å²) < 4.78 is 0. The highest BCUT2D eigenvalue weighted by Crippen LogP contribution is 2.49. The van der Waals surface area contributed by atoms with Crippen molar-refractivity contribution in [3.63, 3.8) is 0 Å². The highest BCUT2D eigenvalue weighted by molar-refractivity contribution is 8.93. The summed E-state index contributed by atoms with van der Waals surface area (Å²) in [6, 6.07) is 13.1. The van der Waals surface area contributed by atoms with Crippen molar-refractivity contribution in [1.82, 2.24) is 4.90 Å². The zero-order chi connectivity index (χ0) is 15.0. The molecule has 0 spiro atoms. The molecule has 2 heterocycles. The summed E-state index contributed by atoms with van der Waals surface area (Å²) in [7, 11) is 0. The van der Waals surface area contributed by atoms with Gasteiger partial charge in [0.2, 0.25) is 0 Å². The molecular formula is C19H24BrNOS. The van der Waals surface area contributed by atoms with Crippen molar-refractivity contribution in [2.75, 3.05) is 13.1 Å². The highest BCUT2D eigenvalue weighted by Gasteiger charge is 2.46. The van der Waals surface area contributed by atoms with E-state index in [4.69, 9.17) is 0 Å². The normalized spacial score (nSPS) is 26.9. The molecule has 124 valence electrons. The average Bonchev–Trinajstić information content (AvgIpc) is 3.16. The van der Waals surface area contributed by atoms with E-state index < -0.39 is 0 Å². The fraction of sp³-hybridized carbons (Fsp3) is 0.474. The number of phenols is 1. The maximum Gasteiger partial charge on any atom is 0.115 e. The molecule has 2 aromatic rings. The maximum absolute atomic E-state index is 9.80. The summed E-state index contributed by atoms with van der Waals surface area (Å²) in [5, 5.41) is 12.0. The number of hydrogen-bond donors (Lipinski definition) is 1. The Morgan fingerprint density at radius 1 is 1.22 bits per heavy atom. The van der Waals surface area contributed by atoms with E-state index in [1.807, 2.05) is 23.5 Å². The second kappa shape index (κ2) is 6.96. The first-order chi connectivity index (χ1) is 10.8. The number of piperidine rings is 1. The van der Waals surface area contributed by atoms with Crippen LogP contribution in [-0.4, -0.2) is 29.1 Å². The van der Waals surface area contributed by atoms with Crippen molar-refractivity contribution < 1.29 is 5.11 Å². The number of phenolic OH excluding ortho intramolecular Hbond substituents is 1. The lowest BCUT2D eigenvalue weighted by molar-refractivity contribution is 0.142. The topological polar surface area (TPSA) is 23.5 Å². The quantitative estimate of drug-likeness (QED) is 0.808. The largest absolute Gasteiger partial charge is 0.508 e. The smallest absolute Gasteiger partial charge is 0.115 e. The van der Waals surface area contributed by atoms with Gasteiger partial charge in [0.15, 0.2) is 0 Å². The fourth-order valence-corrected chi connectivity index (χ4v) is 5.12. The zero-order valence-electron chi connectivity index (χ0n) is 13.3. The Morgan fingerprint density at radius 3 is 2.91 bits per heavy atom. The number of thiophene rings is 1. The Morgan fingerprint density at radius 2 is 2.13 bits per heavy atom. The van der Waals surface area contributed by atoms with Gasteiger partial charge in [0, 0.05) is 17.5 Å². The maximum atomic E-state index is 9.80. The molecule has 2 unspecified atom stereocenters. The molecule has 2 fully saturated rings. The van der Waals surface area contributed by atoms with Crippen molar-refractivity contribution in [3.05, 3.63) is 52.2 Å². The van der Waals surface area contributed by atoms with Crippen LogP contribution in [0.5, 0.6) is 5.75 Å². The van der Waals surface area contributed by atoms with Crippen LogP contribution < -0.4 is 0 Å². The molecule has 4 rings (SSSR count). The highest BCUT2D eigenvalue weighted by atomic mass is 79.9. The van der Waals surface area contributed by atoms with E-state index in [0.29, 0.717) is 11.2 Å². The van der Waals surface area contributed by atoms with Gasteiger partial charge in [0.1, 0.15) is 5.75 Å². The van der Waals surface area contributed by atoms with Crippen LogP contribution in [0, 0.1) is 0 Å². The van der Waals surface area contributed by atoms with Gasteiger partial charge >= 0.3 is 0 Å². The van der Waals surface area contributed by atoms with Crippen LogP contribution in [0.15, 0.2) is 41.8 Å². The van der Waals surface area contributed by atoms with Crippen LogP contribution >= 0.6 is 28.3 Å². The van der Waals surface area contributed by atoms with Gasteiger partial charge in [-0.3, -0.25) is 4.90 Å². The predicted molar refractivity (Wildman–Crippen MR) is 102 cm³/mol. The van der Waals surface area contributed by atoms with Gasteiger partial charge in [0.25, 0.3) is 0 Å². The van der Waals surface area contributed by atoms with Crippen LogP contribution in [0.25, 0.3) is 0 Å². The van der Waals surface area contributed by atoms with Crippen LogP contribution in [0.4, 0.5) is 0 Å². The molecule has 1 aliphatic heterocycles. The van der Waals surface area contributed by atoms with Gasteiger partial charge in [0.05, 0.1) is 0 Å². The summed E-state index contributed by atoms with van der Waals surface area (Å²) in [6.07, 6.45) is 6.27. The molecule has 2 bridgehead atoms. The summed E-state index contributed by atoms with van der Waals surface area (Å²) in [4.78, 5) is 4.20. The van der Waals surface area contributed by atoms with Crippen LogP contribution in [0.2, 0.25) is 0 Å². The van der Waals surface area contributed by atoms with E-state index in [9.17, 15) is 5.11 Å². The first kappa shape index (κ1) is 17.0. The number of nitrogens with zero attached hydrogens (tertiary/aromatic N) is 1. The molecule has 1 saturated carbocycles. The lowest BCUT2D eigenvalue weighted by Crippen LogP contribution is -2.43.